The summed E-state index contributed by atoms with van der Waals surface area (Å²) in [5, 5.41) is 0. The van der Waals surface area contributed by atoms with Crippen molar-refractivity contribution in [1.82, 2.24) is 4.90 Å². The molecule has 1 aliphatic carbocycles. The van der Waals surface area contributed by atoms with Crippen LogP contribution in [0.5, 0.6) is 0 Å². The van der Waals surface area contributed by atoms with Gasteiger partial charge in [-0.3, -0.25) is 4.79 Å². The van der Waals surface area contributed by atoms with Gasteiger partial charge in [0.25, 0.3) is 0 Å². The van der Waals surface area contributed by atoms with E-state index in [9.17, 15) is 4.79 Å². The van der Waals surface area contributed by atoms with Crippen molar-refractivity contribution < 1.29 is 4.79 Å². The average molecular weight is 286 g/mol. The van der Waals surface area contributed by atoms with E-state index in [-0.39, 0.29) is 11.5 Å². The first-order valence-corrected chi connectivity index (χ1v) is 8.26. The number of benzene rings is 1. The number of amides is 1. The van der Waals surface area contributed by atoms with Crippen molar-refractivity contribution in [3.05, 3.63) is 35.4 Å². The van der Waals surface area contributed by atoms with E-state index in [1.165, 1.54) is 17.5 Å². The van der Waals surface area contributed by atoms with E-state index in [1.54, 1.807) is 0 Å². The molecule has 0 aromatic heterocycles. The van der Waals surface area contributed by atoms with Gasteiger partial charge >= 0.3 is 0 Å². The SMILES string of the molecule is CC(Cc1ccc(C2(N)CC2)cc1)C(=O)N1CCCCC1. The molecule has 1 aromatic rings. The van der Waals surface area contributed by atoms with Gasteiger partial charge in [-0.25, -0.2) is 0 Å². The fourth-order valence-electron chi connectivity index (χ4n) is 3.26. The van der Waals surface area contributed by atoms with Crippen LogP contribution in [0.1, 0.15) is 50.2 Å². The Kier molecular flexibility index (Phi) is 4.03. The van der Waals surface area contributed by atoms with Gasteiger partial charge in [-0.2, -0.15) is 0 Å². The Hall–Kier alpha value is -1.35. The van der Waals surface area contributed by atoms with Gasteiger partial charge in [-0.1, -0.05) is 31.2 Å². The molecule has 21 heavy (non-hydrogen) atoms. The second-order valence-electron chi connectivity index (χ2n) is 6.84. The first-order chi connectivity index (χ1) is 10.1. The lowest BCUT2D eigenvalue weighted by atomic mass is 9.96. The van der Waals surface area contributed by atoms with Crippen molar-refractivity contribution in [3.8, 4) is 0 Å². The Morgan fingerprint density at radius 3 is 2.38 bits per heavy atom. The molecule has 0 spiro atoms. The van der Waals surface area contributed by atoms with Gasteiger partial charge in [0, 0.05) is 24.5 Å². The van der Waals surface area contributed by atoms with Crippen molar-refractivity contribution >= 4 is 5.91 Å². The minimum absolute atomic E-state index is 0.0617. The highest BCUT2D eigenvalue weighted by molar-refractivity contribution is 5.78. The molecule has 114 valence electrons. The van der Waals surface area contributed by atoms with Crippen molar-refractivity contribution in [2.45, 2.75) is 51.0 Å². The summed E-state index contributed by atoms with van der Waals surface area (Å²) in [6.07, 6.45) is 6.59. The second-order valence-corrected chi connectivity index (χ2v) is 6.84. The van der Waals surface area contributed by atoms with Crippen molar-refractivity contribution in [2.24, 2.45) is 11.7 Å². The topological polar surface area (TPSA) is 46.3 Å². The highest BCUT2D eigenvalue weighted by Crippen LogP contribution is 2.42. The van der Waals surface area contributed by atoms with Gasteiger partial charge < -0.3 is 10.6 Å². The predicted octanol–water partition coefficient (Wildman–Crippen LogP) is 2.83. The van der Waals surface area contributed by atoms with E-state index in [0.29, 0.717) is 5.91 Å². The van der Waals surface area contributed by atoms with Gasteiger partial charge in [0.05, 0.1) is 0 Å². The Bertz CT molecular complexity index is 498. The first-order valence-electron chi connectivity index (χ1n) is 8.26. The fraction of sp³-hybridized carbons (Fsp3) is 0.611. The zero-order valence-corrected chi connectivity index (χ0v) is 13.0. The molecule has 0 bridgehead atoms. The molecule has 1 heterocycles. The fourth-order valence-corrected chi connectivity index (χ4v) is 3.26. The molecule has 1 amide bonds. The molecule has 2 N–H and O–H groups in total. The lowest BCUT2D eigenvalue weighted by molar-refractivity contribution is -0.135. The van der Waals surface area contributed by atoms with Crippen molar-refractivity contribution in [1.29, 1.82) is 0 Å². The van der Waals surface area contributed by atoms with Gasteiger partial charge in [0.15, 0.2) is 0 Å². The Morgan fingerprint density at radius 2 is 1.81 bits per heavy atom. The molecular weight excluding hydrogens is 260 g/mol. The molecule has 1 saturated heterocycles. The normalized spacial score (nSPS) is 21.9. The molecule has 2 aliphatic rings. The summed E-state index contributed by atoms with van der Waals surface area (Å²) in [7, 11) is 0. The van der Waals surface area contributed by atoms with Crippen LogP contribution in [0.2, 0.25) is 0 Å². The standard InChI is InChI=1S/C18H26N2O/c1-14(17(21)20-11-3-2-4-12-20)13-15-5-7-16(8-6-15)18(19)9-10-18/h5-8,14H,2-4,9-13,19H2,1H3. The van der Waals surface area contributed by atoms with Crippen LogP contribution in [0, 0.1) is 5.92 Å². The highest BCUT2D eigenvalue weighted by Gasteiger charge is 2.39. The number of likely N-dealkylation sites (tertiary alicyclic amines) is 1. The number of rotatable bonds is 4. The third-order valence-corrected chi connectivity index (χ3v) is 4.95. The maximum Gasteiger partial charge on any atom is 0.225 e. The molecule has 3 heteroatoms. The monoisotopic (exact) mass is 286 g/mol. The van der Waals surface area contributed by atoms with Crippen LogP contribution >= 0.6 is 0 Å². The van der Waals surface area contributed by atoms with Gasteiger partial charge in [-0.05, 0) is 49.7 Å². The smallest absolute Gasteiger partial charge is 0.225 e. The van der Waals surface area contributed by atoms with Gasteiger partial charge in [-0.15, -0.1) is 0 Å². The zero-order valence-electron chi connectivity index (χ0n) is 13.0. The Balaban J connectivity index is 1.58. The number of carbonyl (C=O) groups is 1. The van der Waals surface area contributed by atoms with Crippen LogP contribution in [-0.2, 0) is 16.8 Å². The summed E-state index contributed by atoms with van der Waals surface area (Å²) in [6.45, 7) is 3.94. The molecule has 1 unspecified atom stereocenters. The minimum atomic E-state index is -0.0617. The van der Waals surface area contributed by atoms with Gasteiger partial charge in [0.2, 0.25) is 5.91 Å². The number of hydrogen-bond acceptors (Lipinski definition) is 2. The number of nitrogens with two attached hydrogens (primary N) is 1. The highest BCUT2D eigenvalue weighted by atomic mass is 16.2. The lowest BCUT2D eigenvalue weighted by Gasteiger charge is -2.29. The number of carbonyl (C=O) groups excluding carboxylic acids is 1. The summed E-state index contributed by atoms with van der Waals surface area (Å²) in [4.78, 5) is 14.5. The van der Waals surface area contributed by atoms with Crippen LogP contribution in [0.15, 0.2) is 24.3 Å². The molecular formula is C18H26N2O. The van der Waals surface area contributed by atoms with Crippen LogP contribution in [0.4, 0.5) is 0 Å². The molecule has 3 nitrogen and oxygen atoms in total. The van der Waals surface area contributed by atoms with Crippen LogP contribution in [-0.4, -0.2) is 23.9 Å². The van der Waals surface area contributed by atoms with E-state index in [4.69, 9.17) is 5.73 Å². The molecule has 1 atom stereocenters. The third-order valence-electron chi connectivity index (χ3n) is 4.95. The summed E-state index contributed by atoms with van der Waals surface area (Å²) >= 11 is 0. The number of piperidine rings is 1. The zero-order chi connectivity index (χ0) is 14.9. The molecule has 1 saturated carbocycles. The molecule has 2 fully saturated rings. The maximum absolute atomic E-state index is 12.4. The minimum Gasteiger partial charge on any atom is -0.342 e. The van der Waals surface area contributed by atoms with Gasteiger partial charge in [0.1, 0.15) is 0 Å². The number of hydrogen-bond donors (Lipinski definition) is 1. The predicted molar refractivity (Wildman–Crippen MR) is 84.8 cm³/mol. The van der Waals surface area contributed by atoms with E-state index < -0.39 is 0 Å². The Labute approximate surface area is 127 Å². The molecule has 1 aromatic carbocycles. The second kappa shape index (κ2) is 5.80. The Morgan fingerprint density at radius 1 is 1.19 bits per heavy atom. The largest absolute Gasteiger partial charge is 0.342 e. The quantitative estimate of drug-likeness (QED) is 0.925. The van der Waals surface area contributed by atoms with Crippen LogP contribution < -0.4 is 5.73 Å². The first kappa shape index (κ1) is 14.6. The molecule has 1 aliphatic heterocycles. The molecule has 3 rings (SSSR count). The average Bonchev–Trinajstić information content (AvgIpc) is 3.27. The summed E-state index contributed by atoms with van der Waals surface area (Å²) in [5.74, 6) is 0.387. The number of nitrogens with zero attached hydrogens (tertiary/aromatic N) is 1. The van der Waals surface area contributed by atoms with E-state index in [0.717, 1.165) is 45.2 Å². The molecule has 0 radical (unpaired) electrons. The maximum atomic E-state index is 12.4. The van der Waals surface area contributed by atoms with Crippen LogP contribution in [0.25, 0.3) is 0 Å². The van der Waals surface area contributed by atoms with E-state index in [1.807, 2.05) is 4.90 Å². The van der Waals surface area contributed by atoms with Crippen molar-refractivity contribution in [2.75, 3.05) is 13.1 Å². The third kappa shape index (κ3) is 3.29. The lowest BCUT2D eigenvalue weighted by Crippen LogP contribution is -2.39. The summed E-state index contributed by atoms with van der Waals surface area (Å²) in [6, 6.07) is 8.56. The van der Waals surface area contributed by atoms with Crippen LogP contribution in [0.3, 0.4) is 0 Å². The summed E-state index contributed by atoms with van der Waals surface area (Å²) in [5.41, 5.74) is 8.62. The van der Waals surface area contributed by atoms with Crippen molar-refractivity contribution in [3.63, 3.8) is 0 Å². The van der Waals surface area contributed by atoms with E-state index in [2.05, 4.69) is 31.2 Å². The summed E-state index contributed by atoms with van der Waals surface area (Å²) < 4.78 is 0. The van der Waals surface area contributed by atoms with E-state index >= 15 is 0 Å².